The van der Waals surface area contributed by atoms with Crippen LogP contribution in [0.15, 0.2) is 42.6 Å². The summed E-state index contributed by atoms with van der Waals surface area (Å²) in [6.07, 6.45) is 2.17. The lowest BCUT2D eigenvalue weighted by Crippen LogP contribution is -2.30. The molecule has 0 fully saturated rings. The molecule has 3 N–H and O–H groups in total. The highest BCUT2D eigenvalue weighted by atomic mass is 35.5. The van der Waals surface area contributed by atoms with Gasteiger partial charge in [-0.25, -0.2) is 4.39 Å². The number of hydrogen-bond acceptors (Lipinski definition) is 3. The molecular weight excluding hydrogens is 253 g/mol. The number of pyridine rings is 1. The van der Waals surface area contributed by atoms with Crippen molar-refractivity contribution >= 4 is 11.6 Å². The Labute approximate surface area is 110 Å². The molecule has 0 spiro atoms. The van der Waals surface area contributed by atoms with E-state index in [1.165, 1.54) is 12.1 Å². The van der Waals surface area contributed by atoms with Gasteiger partial charge in [0.1, 0.15) is 5.82 Å². The van der Waals surface area contributed by atoms with Crippen LogP contribution in [0.4, 0.5) is 4.39 Å². The Kier molecular flexibility index (Phi) is 4.25. The Morgan fingerprint density at radius 3 is 2.83 bits per heavy atom. The van der Waals surface area contributed by atoms with Crippen LogP contribution in [0, 0.1) is 5.82 Å². The first-order valence-corrected chi connectivity index (χ1v) is 5.89. The second kappa shape index (κ2) is 5.91. The summed E-state index contributed by atoms with van der Waals surface area (Å²) in [5, 5.41) is 0.539. The predicted octanol–water partition coefficient (Wildman–Crippen LogP) is 2.62. The summed E-state index contributed by atoms with van der Waals surface area (Å²) in [5.41, 5.74) is 4.15. The van der Waals surface area contributed by atoms with Crippen LogP contribution in [0.25, 0.3) is 0 Å². The van der Waals surface area contributed by atoms with Gasteiger partial charge >= 0.3 is 0 Å². The molecule has 94 valence electrons. The van der Waals surface area contributed by atoms with E-state index < -0.39 is 0 Å². The SMILES string of the molecule is NNC(Cc1cccc(F)c1)c1ncccc1Cl. The van der Waals surface area contributed by atoms with Gasteiger partial charge in [0.2, 0.25) is 0 Å². The standard InChI is InChI=1S/C13H13ClFN3/c14-11-5-2-6-17-13(11)12(18-16)8-9-3-1-4-10(15)7-9/h1-7,12,18H,8,16H2. The van der Waals surface area contributed by atoms with E-state index in [4.69, 9.17) is 17.4 Å². The van der Waals surface area contributed by atoms with Gasteiger partial charge in [-0.05, 0) is 36.2 Å². The molecule has 0 aliphatic carbocycles. The summed E-state index contributed by atoms with van der Waals surface area (Å²) < 4.78 is 13.1. The Morgan fingerprint density at radius 1 is 1.33 bits per heavy atom. The fraction of sp³-hybridized carbons (Fsp3) is 0.154. The number of halogens is 2. The highest BCUT2D eigenvalue weighted by molar-refractivity contribution is 6.31. The number of nitrogens with two attached hydrogens (primary N) is 1. The lowest BCUT2D eigenvalue weighted by molar-refractivity contribution is 0.536. The molecule has 0 radical (unpaired) electrons. The Bertz CT molecular complexity index is 533. The van der Waals surface area contributed by atoms with E-state index >= 15 is 0 Å². The van der Waals surface area contributed by atoms with Crippen molar-refractivity contribution in [3.8, 4) is 0 Å². The van der Waals surface area contributed by atoms with Gasteiger partial charge in [0, 0.05) is 6.20 Å². The lowest BCUT2D eigenvalue weighted by Gasteiger charge is -2.16. The van der Waals surface area contributed by atoms with Gasteiger partial charge in [-0.1, -0.05) is 23.7 Å². The number of hydrogen-bond donors (Lipinski definition) is 2. The fourth-order valence-electron chi connectivity index (χ4n) is 1.79. The van der Waals surface area contributed by atoms with Crippen molar-refractivity contribution < 1.29 is 4.39 Å². The second-order valence-corrected chi connectivity index (χ2v) is 4.33. The van der Waals surface area contributed by atoms with Gasteiger partial charge in [0.05, 0.1) is 16.8 Å². The normalized spacial score (nSPS) is 12.4. The molecule has 0 saturated heterocycles. The highest BCUT2D eigenvalue weighted by Gasteiger charge is 2.15. The molecule has 1 aromatic carbocycles. The molecule has 5 heteroatoms. The quantitative estimate of drug-likeness (QED) is 0.660. The second-order valence-electron chi connectivity index (χ2n) is 3.92. The average molecular weight is 266 g/mol. The summed E-state index contributed by atoms with van der Waals surface area (Å²) in [7, 11) is 0. The van der Waals surface area contributed by atoms with E-state index in [2.05, 4.69) is 10.4 Å². The van der Waals surface area contributed by atoms with E-state index in [9.17, 15) is 4.39 Å². The molecule has 1 heterocycles. The minimum atomic E-state index is -0.268. The maximum absolute atomic E-state index is 13.1. The molecule has 0 aliphatic heterocycles. The average Bonchev–Trinajstić information content (AvgIpc) is 2.37. The predicted molar refractivity (Wildman–Crippen MR) is 69.4 cm³/mol. The first-order valence-electron chi connectivity index (χ1n) is 5.51. The van der Waals surface area contributed by atoms with Crippen LogP contribution in [0.5, 0.6) is 0 Å². The minimum absolute atomic E-state index is 0.250. The molecule has 18 heavy (non-hydrogen) atoms. The summed E-state index contributed by atoms with van der Waals surface area (Å²) in [5.74, 6) is 5.25. The summed E-state index contributed by atoms with van der Waals surface area (Å²) in [4.78, 5) is 4.20. The van der Waals surface area contributed by atoms with Crippen LogP contribution in [-0.2, 0) is 6.42 Å². The van der Waals surface area contributed by atoms with Crippen molar-refractivity contribution in [1.29, 1.82) is 0 Å². The van der Waals surface area contributed by atoms with Crippen LogP contribution in [0.1, 0.15) is 17.3 Å². The molecule has 1 atom stereocenters. The summed E-state index contributed by atoms with van der Waals surface area (Å²) in [6.45, 7) is 0. The Balaban J connectivity index is 2.23. The van der Waals surface area contributed by atoms with E-state index in [1.54, 1.807) is 24.4 Å². The Hall–Kier alpha value is -1.49. The first kappa shape index (κ1) is 13.0. The molecule has 0 saturated carbocycles. The highest BCUT2D eigenvalue weighted by Crippen LogP contribution is 2.23. The first-order chi connectivity index (χ1) is 8.70. The van der Waals surface area contributed by atoms with Gasteiger partial charge in [-0.2, -0.15) is 0 Å². The lowest BCUT2D eigenvalue weighted by atomic mass is 10.0. The molecule has 0 amide bonds. The zero-order valence-electron chi connectivity index (χ0n) is 9.61. The number of benzene rings is 1. The maximum Gasteiger partial charge on any atom is 0.123 e. The van der Waals surface area contributed by atoms with Crippen molar-refractivity contribution in [3.05, 3.63) is 64.7 Å². The molecule has 3 nitrogen and oxygen atoms in total. The van der Waals surface area contributed by atoms with Crippen molar-refractivity contribution in [2.75, 3.05) is 0 Å². The molecule has 0 bridgehead atoms. The third-order valence-corrected chi connectivity index (χ3v) is 2.97. The van der Waals surface area contributed by atoms with Crippen molar-refractivity contribution in [2.24, 2.45) is 5.84 Å². The number of nitrogens with one attached hydrogen (secondary N) is 1. The molecule has 2 rings (SSSR count). The van der Waals surface area contributed by atoms with Crippen molar-refractivity contribution in [1.82, 2.24) is 10.4 Å². The van der Waals surface area contributed by atoms with Crippen LogP contribution in [0.2, 0.25) is 5.02 Å². The van der Waals surface area contributed by atoms with Gasteiger partial charge in [0.15, 0.2) is 0 Å². The topological polar surface area (TPSA) is 50.9 Å². The fourth-order valence-corrected chi connectivity index (χ4v) is 2.04. The third kappa shape index (κ3) is 3.04. The van der Waals surface area contributed by atoms with Gasteiger partial charge in [0.25, 0.3) is 0 Å². The Morgan fingerprint density at radius 2 is 2.17 bits per heavy atom. The van der Waals surface area contributed by atoms with Gasteiger partial charge in [-0.3, -0.25) is 16.3 Å². The van der Waals surface area contributed by atoms with E-state index in [1.807, 2.05) is 6.07 Å². The minimum Gasteiger partial charge on any atom is -0.271 e. The maximum atomic E-state index is 13.1. The summed E-state index contributed by atoms with van der Waals surface area (Å²) >= 11 is 6.06. The zero-order chi connectivity index (χ0) is 13.0. The summed E-state index contributed by atoms with van der Waals surface area (Å²) in [6, 6.07) is 9.63. The van der Waals surface area contributed by atoms with E-state index in [-0.39, 0.29) is 11.9 Å². The number of rotatable bonds is 4. The monoisotopic (exact) mass is 265 g/mol. The zero-order valence-corrected chi connectivity index (χ0v) is 10.4. The smallest absolute Gasteiger partial charge is 0.123 e. The number of nitrogens with zero attached hydrogens (tertiary/aromatic N) is 1. The van der Waals surface area contributed by atoms with Crippen LogP contribution in [-0.4, -0.2) is 4.98 Å². The number of hydrazine groups is 1. The van der Waals surface area contributed by atoms with Gasteiger partial charge < -0.3 is 0 Å². The van der Waals surface area contributed by atoms with Crippen molar-refractivity contribution in [2.45, 2.75) is 12.5 Å². The van der Waals surface area contributed by atoms with Crippen LogP contribution < -0.4 is 11.3 Å². The number of aromatic nitrogens is 1. The molecule has 2 aromatic rings. The van der Waals surface area contributed by atoms with Crippen LogP contribution in [0.3, 0.4) is 0 Å². The van der Waals surface area contributed by atoms with Crippen LogP contribution >= 0.6 is 11.6 Å². The third-order valence-electron chi connectivity index (χ3n) is 2.65. The van der Waals surface area contributed by atoms with Crippen molar-refractivity contribution in [3.63, 3.8) is 0 Å². The molecular formula is C13H13ClFN3. The van der Waals surface area contributed by atoms with Gasteiger partial charge in [-0.15, -0.1) is 0 Å². The molecule has 0 aliphatic rings. The molecule has 1 unspecified atom stereocenters. The van der Waals surface area contributed by atoms with E-state index in [0.29, 0.717) is 17.1 Å². The largest absolute Gasteiger partial charge is 0.271 e. The molecule has 1 aromatic heterocycles. The van der Waals surface area contributed by atoms with E-state index in [0.717, 1.165) is 5.56 Å².